The molecule has 0 aliphatic carbocycles. The van der Waals surface area contributed by atoms with Gasteiger partial charge in [-0.15, -0.1) is 0 Å². The van der Waals surface area contributed by atoms with Crippen LogP contribution < -0.4 is 16.2 Å². The van der Waals surface area contributed by atoms with E-state index in [4.69, 9.17) is 4.74 Å². The van der Waals surface area contributed by atoms with Crippen molar-refractivity contribution >= 4 is 28.2 Å². The number of rotatable bonds is 5. The number of hydrogen-bond donors (Lipinski definition) is 2. The van der Waals surface area contributed by atoms with Gasteiger partial charge in [0.1, 0.15) is 17.5 Å². The average Bonchev–Trinajstić information content (AvgIpc) is 3.16. The molecular formula is C18H20N6O2. The molecule has 8 heteroatoms. The van der Waals surface area contributed by atoms with Crippen LogP contribution in [-0.2, 0) is 11.3 Å². The van der Waals surface area contributed by atoms with Crippen LogP contribution in [0.25, 0.3) is 10.8 Å². The van der Waals surface area contributed by atoms with Gasteiger partial charge in [0.05, 0.1) is 24.2 Å². The highest BCUT2D eigenvalue weighted by Crippen LogP contribution is 2.25. The second-order valence-corrected chi connectivity index (χ2v) is 6.15. The van der Waals surface area contributed by atoms with Crippen molar-refractivity contribution in [1.82, 2.24) is 19.5 Å². The number of ether oxygens (including phenoxy) is 1. The van der Waals surface area contributed by atoms with E-state index in [2.05, 4.69) is 25.6 Å². The number of nitrogens with one attached hydrogen (secondary N) is 2. The molecule has 1 aliphatic heterocycles. The largest absolute Gasteiger partial charge is 0.379 e. The van der Waals surface area contributed by atoms with Gasteiger partial charge in [-0.25, -0.2) is 9.97 Å². The van der Waals surface area contributed by atoms with Crippen molar-refractivity contribution in [2.24, 2.45) is 0 Å². The number of fused-ring (bicyclic) bond motifs is 1. The quantitative estimate of drug-likeness (QED) is 0.726. The van der Waals surface area contributed by atoms with E-state index in [0.29, 0.717) is 42.6 Å². The van der Waals surface area contributed by atoms with Gasteiger partial charge in [0, 0.05) is 31.7 Å². The molecule has 2 N–H and O–H groups in total. The molecule has 1 atom stereocenters. The Balaban J connectivity index is 1.80. The Morgan fingerprint density at radius 2 is 2.27 bits per heavy atom. The van der Waals surface area contributed by atoms with E-state index in [-0.39, 0.29) is 11.6 Å². The van der Waals surface area contributed by atoms with E-state index in [1.165, 1.54) is 0 Å². The molecular weight excluding hydrogens is 332 g/mol. The molecule has 3 aromatic heterocycles. The summed E-state index contributed by atoms with van der Waals surface area (Å²) in [5, 5.41) is 7.93. The molecule has 0 spiro atoms. The molecule has 134 valence electrons. The summed E-state index contributed by atoms with van der Waals surface area (Å²) in [4.78, 5) is 25.7. The van der Waals surface area contributed by atoms with Gasteiger partial charge in [0.25, 0.3) is 5.56 Å². The summed E-state index contributed by atoms with van der Waals surface area (Å²) >= 11 is 0. The van der Waals surface area contributed by atoms with Crippen LogP contribution in [0.1, 0.15) is 13.3 Å². The van der Waals surface area contributed by atoms with Gasteiger partial charge in [-0.2, -0.15) is 0 Å². The fourth-order valence-electron chi connectivity index (χ4n) is 3.06. The molecule has 0 bridgehead atoms. The van der Waals surface area contributed by atoms with Gasteiger partial charge in [-0.3, -0.25) is 9.78 Å². The molecule has 1 aliphatic rings. The lowest BCUT2D eigenvalue weighted by molar-refractivity contribution is 0.195. The topological polar surface area (TPSA) is 94.0 Å². The molecule has 8 nitrogen and oxygen atoms in total. The average molecular weight is 352 g/mol. The number of anilines is 3. The molecule has 1 fully saturated rings. The molecule has 0 amide bonds. The Morgan fingerprint density at radius 1 is 1.35 bits per heavy atom. The molecule has 1 unspecified atom stereocenters. The van der Waals surface area contributed by atoms with Crippen LogP contribution in [-0.4, -0.2) is 38.8 Å². The Kier molecular flexibility index (Phi) is 4.49. The van der Waals surface area contributed by atoms with Crippen LogP contribution >= 0.6 is 0 Å². The van der Waals surface area contributed by atoms with Crippen molar-refractivity contribution in [3.8, 4) is 0 Å². The van der Waals surface area contributed by atoms with Crippen LogP contribution in [0.15, 0.2) is 41.7 Å². The second kappa shape index (κ2) is 7.09. The van der Waals surface area contributed by atoms with Gasteiger partial charge in [-0.05, 0) is 30.9 Å². The van der Waals surface area contributed by atoms with Crippen LogP contribution in [0.4, 0.5) is 17.5 Å². The zero-order valence-electron chi connectivity index (χ0n) is 14.5. The van der Waals surface area contributed by atoms with Crippen molar-refractivity contribution in [2.45, 2.75) is 25.9 Å². The number of nitrogens with zero attached hydrogens (tertiary/aromatic N) is 4. The predicted molar refractivity (Wildman–Crippen MR) is 99.8 cm³/mol. The lowest BCUT2D eigenvalue weighted by Gasteiger charge is -2.16. The molecule has 1 saturated heterocycles. The predicted octanol–water partition coefficient (Wildman–Crippen LogP) is 2.15. The van der Waals surface area contributed by atoms with Gasteiger partial charge >= 0.3 is 0 Å². The SMILES string of the molecule is CCn1ccc2cc(Nc3cnccn3)nc(NC3CCOC3)c2c1=O. The molecule has 26 heavy (non-hydrogen) atoms. The number of aryl methyl sites for hydroxylation is 1. The van der Waals surface area contributed by atoms with Crippen molar-refractivity contribution in [3.05, 3.63) is 47.3 Å². The summed E-state index contributed by atoms with van der Waals surface area (Å²) in [5.41, 5.74) is -0.0510. The number of pyridine rings is 2. The fraction of sp³-hybridized carbons (Fsp3) is 0.333. The summed E-state index contributed by atoms with van der Waals surface area (Å²) in [6, 6.07) is 3.93. The van der Waals surface area contributed by atoms with E-state index < -0.39 is 0 Å². The zero-order valence-corrected chi connectivity index (χ0v) is 14.5. The summed E-state index contributed by atoms with van der Waals surface area (Å²) < 4.78 is 7.11. The highest BCUT2D eigenvalue weighted by atomic mass is 16.5. The van der Waals surface area contributed by atoms with Crippen LogP contribution in [0.3, 0.4) is 0 Å². The third-order valence-electron chi connectivity index (χ3n) is 4.39. The van der Waals surface area contributed by atoms with Crippen molar-refractivity contribution in [2.75, 3.05) is 23.8 Å². The third-order valence-corrected chi connectivity index (χ3v) is 4.39. The van der Waals surface area contributed by atoms with Crippen LogP contribution in [0.2, 0.25) is 0 Å². The first kappa shape index (κ1) is 16.5. The Morgan fingerprint density at radius 3 is 3.00 bits per heavy atom. The minimum Gasteiger partial charge on any atom is -0.379 e. The maximum Gasteiger partial charge on any atom is 0.262 e. The lowest BCUT2D eigenvalue weighted by Crippen LogP contribution is -2.24. The molecule has 4 rings (SSSR count). The Labute approximate surface area is 150 Å². The molecule has 3 aromatic rings. The van der Waals surface area contributed by atoms with Gasteiger partial charge < -0.3 is 19.9 Å². The first-order chi connectivity index (χ1) is 12.7. The molecule has 0 aromatic carbocycles. The number of aromatic nitrogens is 4. The smallest absolute Gasteiger partial charge is 0.262 e. The highest BCUT2D eigenvalue weighted by Gasteiger charge is 2.19. The summed E-state index contributed by atoms with van der Waals surface area (Å²) in [6.07, 6.45) is 7.54. The van der Waals surface area contributed by atoms with Gasteiger partial charge in [0.2, 0.25) is 0 Å². The van der Waals surface area contributed by atoms with Crippen molar-refractivity contribution in [1.29, 1.82) is 0 Å². The zero-order chi connectivity index (χ0) is 17.9. The highest BCUT2D eigenvalue weighted by molar-refractivity contribution is 5.93. The Bertz CT molecular complexity index is 967. The first-order valence-electron chi connectivity index (χ1n) is 8.66. The van der Waals surface area contributed by atoms with Gasteiger partial charge in [-0.1, -0.05) is 0 Å². The van der Waals surface area contributed by atoms with E-state index in [0.717, 1.165) is 11.8 Å². The second-order valence-electron chi connectivity index (χ2n) is 6.15. The van der Waals surface area contributed by atoms with Crippen LogP contribution in [0, 0.1) is 0 Å². The minimum atomic E-state index is -0.0510. The van der Waals surface area contributed by atoms with Gasteiger partial charge in [0.15, 0.2) is 0 Å². The normalized spacial score (nSPS) is 16.7. The van der Waals surface area contributed by atoms with E-state index in [1.54, 1.807) is 29.4 Å². The monoisotopic (exact) mass is 352 g/mol. The van der Waals surface area contributed by atoms with E-state index in [9.17, 15) is 4.79 Å². The minimum absolute atomic E-state index is 0.0510. The van der Waals surface area contributed by atoms with Crippen molar-refractivity contribution < 1.29 is 4.74 Å². The fourth-order valence-corrected chi connectivity index (χ4v) is 3.06. The summed E-state index contributed by atoms with van der Waals surface area (Å²) in [5.74, 6) is 1.77. The molecule has 4 heterocycles. The molecule has 0 saturated carbocycles. The molecule has 0 radical (unpaired) electrons. The maximum absolute atomic E-state index is 12.8. The van der Waals surface area contributed by atoms with E-state index >= 15 is 0 Å². The first-order valence-corrected chi connectivity index (χ1v) is 8.66. The standard InChI is InChI=1S/C18H20N6O2/c1-2-24-7-3-12-9-14(22-15-10-19-5-6-20-15)23-17(16(12)18(24)25)21-13-4-8-26-11-13/h3,5-7,9-10,13H,2,4,8,11H2,1H3,(H2,20,21,22,23). The third kappa shape index (κ3) is 3.23. The number of hydrogen-bond acceptors (Lipinski definition) is 7. The summed E-state index contributed by atoms with van der Waals surface area (Å²) in [6.45, 7) is 3.88. The van der Waals surface area contributed by atoms with Crippen LogP contribution in [0.5, 0.6) is 0 Å². The maximum atomic E-state index is 12.8. The van der Waals surface area contributed by atoms with Crippen molar-refractivity contribution in [3.63, 3.8) is 0 Å². The summed E-state index contributed by atoms with van der Waals surface area (Å²) in [7, 11) is 0. The lowest BCUT2D eigenvalue weighted by atomic mass is 10.1. The Hall–Kier alpha value is -3.00. The van der Waals surface area contributed by atoms with E-state index in [1.807, 2.05) is 19.1 Å².